The SMILES string of the molecule is NCCOC[C@@H]1C[C@@H](O)CN1C(=O)OCc1ccc([N+](=O)[O-])cc1. The number of carbonyl (C=O) groups excluding carboxylic acids is 1. The lowest BCUT2D eigenvalue weighted by Gasteiger charge is -2.23. The van der Waals surface area contributed by atoms with Crippen molar-refractivity contribution in [3.63, 3.8) is 0 Å². The maximum Gasteiger partial charge on any atom is 0.410 e. The van der Waals surface area contributed by atoms with Crippen LogP contribution in [0.25, 0.3) is 0 Å². The van der Waals surface area contributed by atoms with Crippen LogP contribution in [0.1, 0.15) is 12.0 Å². The molecule has 1 heterocycles. The minimum absolute atomic E-state index is 0.000198. The fourth-order valence-electron chi connectivity index (χ4n) is 2.52. The number of hydrogen-bond donors (Lipinski definition) is 2. The zero-order valence-electron chi connectivity index (χ0n) is 13.2. The van der Waals surface area contributed by atoms with Gasteiger partial charge in [-0.05, 0) is 24.1 Å². The van der Waals surface area contributed by atoms with Crippen molar-refractivity contribution in [2.45, 2.75) is 25.2 Å². The van der Waals surface area contributed by atoms with Gasteiger partial charge in [0.1, 0.15) is 6.61 Å². The molecule has 1 saturated heterocycles. The molecule has 1 fully saturated rings. The number of aliphatic hydroxyl groups is 1. The van der Waals surface area contributed by atoms with Gasteiger partial charge in [0, 0.05) is 18.7 Å². The van der Waals surface area contributed by atoms with Crippen molar-refractivity contribution in [2.24, 2.45) is 5.73 Å². The summed E-state index contributed by atoms with van der Waals surface area (Å²) in [6, 6.07) is 5.52. The molecule has 0 spiro atoms. The maximum absolute atomic E-state index is 12.2. The number of nitrogens with two attached hydrogens (primary N) is 1. The Morgan fingerprint density at radius 1 is 1.42 bits per heavy atom. The molecule has 9 nitrogen and oxygen atoms in total. The van der Waals surface area contributed by atoms with Crippen molar-refractivity contribution < 1.29 is 24.3 Å². The van der Waals surface area contributed by atoms with E-state index < -0.39 is 17.1 Å². The number of aliphatic hydroxyl groups excluding tert-OH is 1. The second-order valence-corrected chi connectivity index (χ2v) is 5.54. The van der Waals surface area contributed by atoms with Crippen LogP contribution in [0, 0.1) is 10.1 Å². The quantitative estimate of drug-likeness (QED) is 0.424. The van der Waals surface area contributed by atoms with Gasteiger partial charge >= 0.3 is 6.09 Å². The summed E-state index contributed by atoms with van der Waals surface area (Å²) in [5.41, 5.74) is 5.97. The number of carbonyl (C=O) groups is 1. The topological polar surface area (TPSA) is 128 Å². The van der Waals surface area contributed by atoms with E-state index >= 15 is 0 Å². The first kappa shape index (κ1) is 18.1. The zero-order valence-corrected chi connectivity index (χ0v) is 13.2. The minimum Gasteiger partial charge on any atom is -0.445 e. The van der Waals surface area contributed by atoms with Gasteiger partial charge in [0.05, 0.1) is 36.8 Å². The lowest BCUT2D eigenvalue weighted by Crippen LogP contribution is -2.39. The Morgan fingerprint density at radius 2 is 2.12 bits per heavy atom. The largest absolute Gasteiger partial charge is 0.445 e. The Hall–Kier alpha value is -2.23. The Labute approximate surface area is 139 Å². The molecule has 24 heavy (non-hydrogen) atoms. The molecular formula is C15H21N3O6. The van der Waals surface area contributed by atoms with Crippen molar-refractivity contribution in [1.29, 1.82) is 0 Å². The summed E-state index contributed by atoms with van der Waals surface area (Å²) in [6.45, 7) is 1.26. The number of nitrogens with zero attached hydrogens (tertiary/aromatic N) is 2. The molecular weight excluding hydrogens is 318 g/mol. The van der Waals surface area contributed by atoms with Crippen molar-refractivity contribution in [2.75, 3.05) is 26.3 Å². The fourth-order valence-corrected chi connectivity index (χ4v) is 2.52. The summed E-state index contributed by atoms with van der Waals surface area (Å²) in [4.78, 5) is 23.7. The molecule has 9 heteroatoms. The summed E-state index contributed by atoms with van der Waals surface area (Å²) in [6.07, 6.45) is -0.730. The van der Waals surface area contributed by atoms with Crippen molar-refractivity contribution in [1.82, 2.24) is 4.90 Å². The molecule has 2 rings (SSSR count). The predicted molar refractivity (Wildman–Crippen MR) is 84.3 cm³/mol. The summed E-state index contributed by atoms with van der Waals surface area (Å²) in [5.74, 6) is 0. The first-order chi connectivity index (χ1) is 11.5. The van der Waals surface area contributed by atoms with E-state index in [-0.39, 0.29) is 24.9 Å². The van der Waals surface area contributed by atoms with Gasteiger partial charge in [-0.3, -0.25) is 10.1 Å². The average molecular weight is 339 g/mol. The van der Waals surface area contributed by atoms with Gasteiger partial charge in [0.25, 0.3) is 5.69 Å². The van der Waals surface area contributed by atoms with Crippen molar-refractivity contribution >= 4 is 11.8 Å². The lowest BCUT2D eigenvalue weighted by molar-refractivity contribution is -0.384. The molecule has 2 atom stereocenters. The summed E-state index contributed by atoms with van der Waals surface area (Å²) in [7, 11) is 0. The Bertz CT molecular complexity index is 565. The molecule has 1 aromatic carbocycles. The smallest absolute Gasteiger partial charge is 0.410 e. The average Bonchev–Trinajstić information content (AvgIpc) is 2.94. The van der Waals surface area contributed by atoms with Gasteiger partial charge in [-0.25, -0.2) is 4.79 Å². The number of benzene rings is 1. The molecule has 0 saturated carbocycles. The number of rotatable bonds is 7. The summed E-state index contributed by atoms with van der Waals surface area (Å²) < 4.78 is 10.6. The van der Waals surface area contributed by atoms with Crippen LogP contribution in [0.4, 0.5) is 10.5 Å². The van der Waals surface area contributed by atoms with Gasteiger partial charge in [0.15, 0.2) is 0 Å². The van der Waals surface area contributed by atoms with E-state index in [1.165, 1.54) is 29.2 Å². The van der Waals surface area contributed by atoms with E-state index in [9.17, 15) is 20.0 Å². The van der Waals surface area contributed by atoms with Crippen LogP contribution in [0.15, 0.2) is 24.3 Å². The van der Waals surface area contributed by atoms with Gasteiger partial charge in [-0.1, -0.05) is 0 Å². The minimum atomic E-state index is -0.608. The second-order valence-electron chi connectivity index (χ2n) is 5.54. The molecule has 1 aromatic rings. The maximum atomic E-state index is 12.2. The van der Waals surface area contributed by atoms with Gasteiger partial charge in [0.2, 0.25) is 0 Å². The van der Waals surface area contributed by atoms with Gasteiger partial charge in [-0.15, -0.1) is 0 Å². The molecule has 0 aromatic heterocycles. The third-order valence-corrected chi connectivity index (χ3v) is 3.71. The van der Waals surface area contributed by atoms with E-state index in [1.807, 2.05) is 0 Å². The van der Waals surface area contributed by atoms with E-state index in [2.05, 4.69) is 0 Å². The van der Waals surface area contributed by atoms with E-state index in [1.54, 1.807) is 0 Å². The van der Waals surface area contributed by atoms with Crippen LogP contribution in [-0.4, -0.2) is 59.5 Å². The fraction of sp³-hybridized carbons (Fsp3) is 0.533. The normalized spacial score (nSPS) is 20.2. The van der Waals surface area contributed by atoms with Crippen molar-refractivity contribution in [3.8, 4) is 0 Å². The molecule has 0 bridgehead atoms. The van der Waals surface area contributed by atoms with Crippen LogP contribution < -0.4 is 5.73 Å². The lowest BCUT2D eigenvalue weighted by atomic mass is 10.2. The Kier molecular flexibility index (Phi) is 6.47. The molecule has 1 aliphatic rings. The molecule has 3 N–H and O–H groups in total. The third-order valence-electron chi connectivity index (χ3n) is 3.71. The number of β-amino-alcohol motifs (C(OH)–C–C–N with tert-alkyl or cyclic N) is 1. The molecule has 0 radical (unpaired) electrons. The molecule has 1 amide bonds. The van der Waals surface area contributed by atoms with E-state index in [4.69, 9.17) is 15.2 Å². The zero-order chi connectivity index (χ0) is 17.5. The number of nitro benzene ring substituents is 1. The number of non-ortho nitro benzene ring substituents is 1. The number of amides is 1. The Balaban J connectivity index is 1.86. The predicted octanol–water partition coefficient (Wildman–Crippen LogP) is 0.642. The highest BCUT2D eigenvalue weighted by Crippen LogP contribution is 2.20. The van der Waals surface area contributed by atoms with Crippen LogP contribution in [0.5, 0.6) is 0 Å². The van der Waals surface area contributed by atoms with Crippen LogP contribution in [0.2, 0.25) is 0 Å². The number of nitro groups is 1. The highest BCUT2D eigenvalue weighted by Gasteiger charge is 2.35. The van der Waals surface area contributed by atoms with Gasteiger partial charge < -0.3 is 25.2 Å². The first-order valence-corrected chi connectivity index (χ1v) is 7.64. The van der Waals surface area contributed by atoms with E-state index in [0.717, 1.165) is 0 Å². The molecule has 132 valence electrons. The highest BCUT2D eigenvalue weighted by molar-refractivity contribution is 5.68. The number of likely N-dealkylation sites (tertiary alicyclic amines) is 1. The highest BCUT2D eigenvalue weighted by atomic mass is 16.6. The second kappa shape index (κ2) is 8.57. The Morgan fingerprint density at radius 3 is 2.75 bits per heavy atom. The number of ether oxygens (including phenoxy) is 2. The van der Waals surface area contributed by atoms with Crippen molar-refractivity contribution in [3.05, 3.63) is 39.9 Å². The molecule has 0 unspecified atom stereocenters. The standard InChI is InChI=1S/C15H21N3O6/c16-5-6-23-10-13-7-14(19)8-17(13)15(20)24-9-11-1-3-12(4-2-11)18(21)22/h1-4,13-14,19H,5-10,16H2/t13-,14+/m0/s1. The summed E-state index contributed by atoms with van der Waals surface area (Å²) in [5, 5.41) is 20.3. The van der Waals surface area contributed by atoms with Crippen LogP contribution in [-0.2, 0) is 16.1 Å². The van der Waals surface area contributed by atoms with Gasteiger partial charge in [-0.2, -0.15) is 0 Å². The first-order valence-electron chi connectivity index (χ1n) is 7.64. The van der Waals surface area contributed by atoms with Crippen LogP contribution in [0.3, 0.4) is 0 Å². The molecule has 1 aliphatic heterocycles. The third kappa shape index (κ3) is 4.88. The number of hydrogen-bond acceptors (Lipinski definition) is 7. The van der Waals surface area contributed by atoms with Crippen LogP contribution >= 0.6 is 0 Å². The monoisotopic (exact) mass is 339 g/mol. The summed E-state index contributed by atoms with van der Waals surface area (Å²) >= 11 is 0. The molecule has 0 aliphatic carbocycles. The van der Waals surface area contributed by atoms with E-state index in [0.29, 0.717) is 31.7 Å².